The minimum absolute atomic E-state index is 0.0708. The molecule has 0 spiro atoms. The third-order valence-corrected chi connectivity index (χ3v) is 6.42. The normalized spacial score (nSPS) is 11.8. The van der Waals surface area contributed by atoms with E-state index in [1.807, 2.05) is 50.2 Å². The molecule has 32 heavy (non-hydrogen) atoms. The van der Waals surface area contributed by atoms with E-state index < -0.39 is 0 Å². The molecule has 1 N–H and O–H groups in total. The van der Waals surface area contributed by atoms with E-state index in [2.05, 4.69) is 0 Å². The molecule has 0 fully saturated rings. The number of nitrogens with zero attached hydrogens (tertiary/aromatic N) is 5. The average Bonchev–Trinajstić information content (AvgIpc) is 3.13. The van der Waals surface area contributed by atoms with Crippen molar-refractivity contribution in [3.05, 3.63) is 62.9 Å². The standard InChI is InChI=1S/C23H27N5O3S/c1-15(2)13-27-20-19(21(30)26(3)23(27)31)22(32-12-6-11-29)28(25-20)14-17-10-9-16-7-4-5-8-18(16)24-17/h4-5,7-10,15,29H,6,11-14H2,1-3H3. The van der Waals surface area contributed by atoms with Crippen molar-refractivity contribution in [2.45, 2.75) is 38.4 Å². The fourth-order valence-corrected chi connectivity index (χ4v) is 4.75. The highest BCUT2D eigenvalue weighted by Crippen LogP contribution is 2.27. The monoisotopic (exact) mass is 453 g/mol. The summed E-state index contributed by atoms with van der Waals surface area (Å²) in [6.07, 6.45) is 0.595. The Balaban J connectivity index is 1.89. The quantitative estimate of drug-likeness (QED) is 0.326. The number of pyridine rings is 1. The minimum atomic E-state index is -0.364. The SMILES string of the molecule is CC(C)Cn1c(=O)n(C)c(=O)c2c(SCCCO)n(Cc3ccc4ccccc4n3)nc21. The average molecular weight is 454 g/mol. The van der Waals surface area contributed by atoms with Gasteiger partial charge in [0.15, 0.2) is 5.65 Å². The lowest BCUT2D eigenvalue weighted by atomic mass is 10.2. The molecule has 0 aliphatic rings. The van der Waals surface area contributed by atoms with Crippen molar-refractivity contribution in [1.82, 2.24) is 23.9 Å². The summed E-state index contributed by atoms with van der Waals surface area (Å²) in [7, 11) is 1.51. The van der Waals surface area contributed by atoms with Gasteiger partial charge in [-0.25, -0.2) is 4.79 Å². The predicted molar refractivity (Wildman–Crippen MR) is 127 cm³/mol. The number of aliphatic hydroxyl groups excluding tert-OH is 1. The molecule has 1 aromatic carbocycles. The molecule has 168 valence electrons. The summed E-state index contributed by atoms with van der Waals surface area (Å²) in [5.41, 5.74) is 1.39. The van der Waals surface area contributed by atoms with Crippen LogP contribution in [-0.4, -0.2) is 41.4 Å². The van der Waals surface area contributed by atoms with Crippen LogP contribution >= 0.6 is 11.8 Å². The Labute approximate surface area is 189 Å². The molecule has 4 rings (SSSR count). The van der Waals surface area contributed by atoms with Crippen LogP contribution in [0.3, 0.4) is 0 Å². The zero-order valence-electron chi connectivity index (χ0n) is 18.5. The molecule has 0 aliphatic heterocycles. The van der Waals surface area contributed by atoms with Crippen LogP contribution < -0.4 is 11.2 Å². The molecule has 3 aromatic heterocycles. The van der Waals surface area contributed by atoms with E-state index >= 15 is 0 Å². The summed E-state index contributed by atoms with van der Waals surface area (Å²) in [4.78, 5) is 30.7. The smallest absolute Gasteiger partial charge is 0.332 e. The summed E-state index contributed by atoms with van der Waals surface area (Å²) >= 11 is 1.47. The molecular formula is C23H27N5O3S. The lowest BCUT2D eigenvalue weighted by Gasteiger charge is -2.10. The van der Waals surface area contributed by atoms with Crippen molar-refractivity contribution in [3.63, 3.8) is 0 Å². The number of aromatic nitrogens is 5. The van der Waals surface area contributed by atoms with Gasteiger partial charge in [0.1, 0.15) is 10.4 Å². The molecule has 4 aromatic rings. The number of para-hydroxylation sites is 1. The molecule has 0 saturated heterocycles. The highest BCUT2D eigenvalue weighted by atomic mass is 32.2. The first kappa shape index (κ1) is 22.3. The molecule has 0 bridgehead atoms. The van der Waals surface area contributed by atoms with Crippen molar-refractivity contribution in [3.8, 4) is 0 Å². The van der Waals surface area contributed by atoms with Gasteiger partial charge in [-0.05, 0) is 24.5 Å². The van der Waals surface area contributed by atoms with Gasteiger partial charge in [0.05, 0.1) is 17.8 Å². The van der Waals surface area contributed by atoms with Gasteiger partial charge in [-0.1, -0.05) is 38.1 Å². The summed E-state index contributed by atoms with van der Waals surface area (Å²) in [6.45, 7) is 4.96. The van der Waals surface area contributed by atoms with E-state index in [9.17, 15) is 14.7 Å². The molecule has 0 amide bonds. The Morgan fingerprint density at radius 3 is 2.66 bits per heavy atom. The number of hydrogen-bond acceptors (Lipinski definition) is 6. The van der Waals surface area contributed by atoms with Crippen LogP contribution in [-0.2, 0) is 20.1 Å². The van der Waals surface area contributed by atoms with Crippen molar-refractivity contribution in [2.24, 2.45) is 13.0 Å². The number of benzene rings is 1. The van der Waals surface area contributed by atoms with E-state index in [0.29, 0.717) is 41.3 Å². The number of thioether (sulfide) groups is 1. The molecule has 0 unspecified atom stereocenters. The fraction of sp³-hybridized carbons (Fsp3) is 0.391. The molecule has 0 aliphatic carbocycles. The van der Waals surface area contributed by atoms with Crippen molar-refractivity contribution < 1.29 is 5.11 Å². The number of fused-ring (bicyclic) bond motifs is 2. The van der Waals surface area contributed by atoms with Crippen LogP contribution in [0.1, 0.15) is 26.0 Å². The Morgan fingerprint density at radius 2 is 1.91 bits per heavy atom. The van der Waals surface area contributed by atoms with Gasteiger partial charge in [-0.3, -0.25) is 23.6 Å². The highest BCUT2D eigenvalue weighted by molar-refractivity contribution is 7.99. The molecule has 0 saturated carbocycles. The number of rotatable bonds is 8. The Bertz CT molecular complexity index is 1390. The third kappa shape index (κ3) is 4.22. The Morgan fingerprint density at radius 1 is 1.12 bits per heavy atom. The summed E-state index contributed by atoms with van der Waals surface area (Å²) in [5, 5.41) is 16.2. The van der Waals surface area contributed by atoms with Gasteiger partial charge in [0.25, 0.3) is 5.56 Å². The largest absolute Gasteiger partial charge is 0.396 e. The first-order chi connectivity index (χ1) is 15.4. The van der Waals surface area contributed by atoms with Crippen LogP contribution in [0, 0.1) is 5.92 Å². The zero-order chi connectivity index (χ0) is 22.8. The van der Waals surface area contributed by atoms with E-state index in [1.54, 1.807) is 9.25 Å². The summed E-state index contributed by atoms with van der Waals surface area (Å²) in [6, 6.07) is 11.9. The maximum absolute atomic E-state index is 13.1. The molecule has 3 heterocycles. The number of aliphatic hydroxyl groups is 1. The lowest BCUT2D eigenvalue weighted by molar-refractivity contribution is 0.296. The van der Waals surface area contributed by atoms with Crippen LogP contribution in [0.5, 0.6) is 0 Å². The Kier molecular flexibility index (Phi) is 6.48. The molecule has 0 radical (unpaired) electrons. The van der Waals surface area contributed by atoms with E-state index in [1.165, 1.54) is 18.8 Å². The zero-order valence-corrected chi connectivity index (χ0v) is 19.3. The van der Waals surface area contributed by atoms with Gasteiger partial charge in [0, 0.05) is 31.3 Å². The predicted octanol–water partition coefficient (Wildman–Crippen LogP) is 2.62. The van der Waals surface area contributed by atoms with Gasteiger partial charge >= 0.3 is 5.69 Å². The van der Waals surface area contributed by atoms with Gasteiger partial charge in [-0.2, -0.15) is 5.10 Å². The Hall–Kier alpha value is -2.91. The van der Waals surface area contributed by atoms with E-state index in [-0.39, 0.29) is 23.8 Å². The van der Waals surface area contributed by atoms with Crippen molar-refractivity contribution in [1.29, 1.82) is 0 Å². The second kappa shape index (κ2) is 9.30. The van der Waals surface area contributed by atoms with Gasteiger partial charge in [-0.15, -0.1) is 11.8 Å². The summed E-state index contributed by atoms with van der Waals surface area (Å²) < 4.78 is 4.50. The highest BCUT2D eigenvalue weighted by Gasteiger charge is 2.22. The third-order valence-electron chi connectivity index (χ3n) is 5.24. The fourth-order valence-electron chi connectivity index (χ4n) is 3.70. The van der Waals surface area contributed by atoms with Crippen molar-refractivity contribution in [2.75, 3.05) is 12.4 Å². The van der Waals surface area contributed by atoms with Gasteiger partial charge < -0.3 is 5.11 Å². The van der Waals surface area contributed by atoms with Crippen LogP contribution in [0.25, 0.3) is 21.9 Å². The minimum Gasteiger partial charge on any atom is -0.396 e. The molecule has 8 nitrogen and oxygen atoms in total. The second-order valence-electron chi connectivity index (χ2n) is 8.23. The van der Waals surface area contributed by atoms with Crippen molar-refractivity contribution >= 4 is 33.7 Å². The molecular weight excluding hydrogens is 426 g/mol. The maximum atomic E-state index is 13.1. The van der Waals surface area contributed by atoms with Gasteiger partial charge in [0.2, 0.25) is 0 Å². The first-order valence-electron chi connectivity index (χ1n) is 10.7. The van der Waals surface area contributed by atoms with E-state index in [0.717, 1.165) is 21.2 Å². The van der Waals surface area contributed by atoms with E-state index in [4.69, 9.17) is 10.1 Å². The molecule has 0 atom stereocenters. The number of hydrogen-bond donors (Lipinski definition) is 1. The second-order valence-corrected chi connectivity index (χ2v) is 9.32. The van der Waals surface area contributed by atoms with Crippen LogP contribution in [0.4, 0.5) is 0 Å². The summed E-state index contributed by atoms with van der Waals surface area (Å²) in [5.74, 6) is 0.848. The van der Waals surface area contributed by atoms with Crippen LogP contribution in [0.2, 0.25) is 0 Å². The maximum Gasteiger partial charge on any atom is 0.332 e. The topological polar surface area (TPSA) is 94.9 Å². The van der Waals surface area contributed by atoms with Crippen LogP contribution in [0.15, 0.2) is 51.0 Å². The molecule has 9 heteroatoms. The lowest BCUT2D eigenvalue weighted by Crippen LogP contribution is -2.38. The first-order valence-corrected chi connectivity index (χ1v) is 11.7.